The first kappa shape index (κ1) is 11.4. The molecule has 1 fully saturated rings. The number of hydrogen-bond acceptors (Lipinski definition) is 5. The van der Waals surface area contributed by atoms with E-state index in [9.17, 15) is 0 Å². The summed E-state index contributed by atoms with van der Waals surface area (Å²) in [7, 11) is 3.83. The Labute approximate surface area is 96.2 Å². The maximum absolute atomic E-state index is 5.19. The molecule has 5 nitrogen and oxygen atoms in total. The van der Waals surface area contributed by atoms with Gasteiger partial charge in [0.05, 0.1) is 0 Å². The number of anilines is 1. The lowest BCUT2D eigenvalue weighted by Crippen LogP contribution is -2.29. The van der Waals surface area contributed by atoms with Crippen molar-refractivity contribution in [3.8, 4) is 0 Å². The van der Waals surface area contributed by atoms with Crippen LogP contribution in [-0.4, -0.2) is 37.3 Å². The Morgan fingerprint density at radius 2 is 2.38 bits per heavy atom. The molecule has 1 aliphatic heterocycles. The Morgan fingerprint density at radius 3 is 3.00 bits per heavy atom. The third kappa shape index (κ3) is 2.95. The van der Waals surface area contributed by atoms with E-state index in [4.69, 9.17) is 4.52 Å². The molecule has 0 spiro atoms. The predicted molar refractivity (Wildman–Crippen MR) is 62.5 cm³/mol. The summed E-state index contributed by atoms with van der Waals surface area (Å²) in [6.07, 6.45) is 4.65. The molecule has 90 valence electrons. The Morgan fingerprint density at radius 1 is 1.50 bits per heavy atom. The van der Waals surface area contributed by atoms with E-state index in [2.05, 4.69) is 15.5 Å². The van der Waals surface area contributed by atoms with Crippen LogP contribution >= 0.6 is 0 Å². The van der Waals surface area contributed by atoms with E-state index in [0.717, 1.165) is 31.2 Å². The van der Waals surface area contributed by atoms with Gasteiger partial charge in [0.1, 0.15) is 0 Å². The lowest BCUT2D eigenvalue weighted by molar-refractivity contribution is 0.327. The van der Waals surface area contributed by atoms with Crippen molar-refractivity contribution in [2.75, 3.05) is 32.1 Å². The lowest BCUT2D eigenvalue weighted by atomic mass is 9.95. The molecule has 1 N–H and O–H groups in total. The summed E-state index contributed by atoms with van der Waals surface area (Å²) in [4.78, 5) is 6.18. The van der Waals surface area contributed by atoms with E-state index >= 15 is 0 Å². The molecule has 1 saturated heterocycles. The van der Waals surface area contributed by atoms with Crippen molar-refractivity contribution in [1.29, 1.82) is 0 Å². The SMILES string of the molecule is CN(C)c1noc(CCC2CCCNC2)n1. The van der Waals surface area contributed by atoms with Gasteiger partial charge in [0.25, 0.3) is 5.95 Å². The smallest absolute Gasteiger partial charge is 0.265 e. The first-order chi connectivity index (χ1) is 7.75. The van der Waals surface area contributed by atoms with Gasteiger partial charge in [-0.2, -0.15) is 4.98 Å². The standard InChI is InChI=1S/C11H20N4O/c1-15(2)11-13-10(16-14-11)6-5-9-4-3-7-12-8-9/h9,12H,3-8H2,1-2H3. The van der Waals surface area contributed by atoms with Gasteiger partial charge in [-0.15, -0.1) is 0 Å². The van der Waals surface area contributed by atoms with E-state index in [1.165, 1.54) is 19.4 Å². The molecule has 1 atom stereocenters. The topological polar surface area (TPSA) is 54.2 Å². The average molecular weight is 224 g/mol. The highest BCUT2D eigenvalue weighted by Gasteiger charge is 2.15. The molecule has 5 heteroatoms. The number of piperidine rings is 1. The van der Waals surface area contributed by atoms with E-state index < -0.39 is 0 Å². The van der Waals surface area contributed by atoms with Crippen molar-refractivity contribution < 1.29 is 4.52 Å². The number of aromatic nitrogens is 2. The molecular formula is C11H20N4O. The van der Waals surface area contributed by atoms with Gasteiger partial charge in [0.2, 0.25) is 5.89 Å². The maximum atomic E-state index is 5.19. The van der Waals surface area contributed by atoms with Crippen molar-refractivity contribution in [2.24, 2.45) is 5.92 Å². The van der Waals surface area contributed by atoms with E-state index in [1.807, 2.05) is 19.0 Å². The summed E-state index contributed by atoms with van der Waals surface area (Å²) in [5, 5.41) is 7.32. The quantitative estimate of drug-likeness (QED) is 0.829. The van der Waals surface area contributed by atoms with Crippen LogP contribution in [0.5, 0.6) is 0 Å². The van der Waals surface area contributed by atoms with Gasteiger partial charge in [0.15, 0.2) is 0 Å². The zero-order valence-corrected chi connectivity index (χ0v) is 10.1. The number of aryl methyl sites for hydroxylation is 1. The zero-order valence-electron chi connectivity index (χ0n) is 10.1. The van der Waals surface area contributed by atoms with Crippen LogP contribution in [-0.2, 0) is 6.42 Å². The molecule has 1 aromatic rings. The fraction of sp³-hybridized carbons (Fsp3) is 0.818. The van der Waals surface area contributed by atoms with Gasteiger partial charge in [-0.25, -0.2) is 0 Å². The normalized spacial score (nSPS) is 21.0. The summed E-state index contributed by atoms with van der Waals surface area (Å²) in [6, 6.07) is 0. The fourth-order valence-corrected chi connectivity index (χ4v) is 2.03. The van der Waals surface area contributed by atoms with Gasteiger partial charge < -0.3 is 14.7 Å². The highest BCUT2D eigenvalue weighted by molar-refractivity contribution is 5.23. The maximum Gasteiger partial charge on any atom is 0.265 e. The molecule has 0 bridgehead atoms. The van der Waals surface area contributed by atoms with Crippen molar-refractivity contribution in [3.05, 3.63) is 5.89 Å². The number of rotatable bonds is 4. The molecule has 0 aromatic carbocycles. The Kier molecular flexibility index (Phi) is 3.77. The summed E-state index contributed by atoms with van der Waals surface area (Å²) in [5.74, 6) is 2.19. The molecule has 0 amide bonds. The van der Waals surface area contributed by atoms with Crippen molar-refractivity contribution in [1.82, 2.24) is 15.5 Å². The Bertz CT molecular complexity index is 318. The first-order valence-corrected chi connectivity index (χ1v) is 5.96. The van der Waals surface area contributed by atoms with E-state index in [1.54, 1.807) is 0 Å². The Balaban J connectivity index is 1.79. The average Bonchev–Trinajstić information content (AvgIpc) is 2.76. The lowest BCUT2D eigenvalue weighted by Gasteiger charge is -2.21. The van der Waals surface area contributed by atoms with Crippen LogP contribution in [0.4, 0.5) is 5.95 Å². The van der Waals surface area contributed by atoms with Crippen LogP contribution in [0.3, 0.4) is 0 Å². The highest BCUT2D eigenvalue weighted by Crippen LogP contribution is 2.17. The minimum absolute atomic E-state index is 0.664. The van der Waals surface area contributed by atoms with Crippen LogP contribution in [0.25, 0.3) is 0 Å². The predicted octanol–water partition coefficient (Wildman–Crippen LogP) is 1.07. The second-order valence-corrected chi connectivity index (χ2v) is 4.63. The fourth-order valence-electron chi connectivity index (χ4n) is 2.03. The number of nitrogens with one attached hydrogen (secondary N) is 1. The van der Waals surface area contributed by atoms with Crippen LogP contribution in [0.15, 0.2) is 4.52 Å². The van der Waals surface area contributed by atoms with Gasteiger partial charge >= 0.3 is 0 Å². The molecular weight excluding hydrogens is 204 g/mol. The number of hydrogen-bond donors (Lipinski definition) is 1. The van der Waals surface area contributed by atoms with E-state index in [-0.39, 0.29) is 0 Å². The molecule has 1 unspecified atom stereocenters. The minimum atomic E-state index is 0.664. The van der Waals surface area contributed by atoms with Gasteiger partial charge in [-0.1, -0.05) is 0 Å². The van der Waals surface area contributed by atoms with Crippen LogP contribution in [0, 0.1) is 5.92 Å². The minimum Gasteiger partial charge on any atom is -0.344 e. The second-order valence-electron chi connectivity index (χ2n) is 4.63. The Hall–Kier alpha value is -1.10. The summed E-state index contributed by atoms with van der Waals surface area (Å²) in [5.41, 5.74) is 0. The van der Waals surface area contributed by atoms with Crippen molar-refractivity contribution in [3.63, 3.8) is 0 Å². The summed E-state index contributed by atoms with van der Waals surface area (Å²) >= 11 is 0. The summed E-state index contributed by atoms with van der Waals surface area (Å²) < 4.78 is 5.19. The zero-order chi connectivity index (χ0) is 11.4. The number of nitrogens with zero attached hydrogens (tertiary/aromatic N) is 3. The first-order valence-electron chi connectivity index (χ1n) is 5.96. The molecule has 1 aromatic heterocycles. The molecule has 0 aliphatic carbocycles. The van der Waals surface area contributed by atoms with Crippen LogP contribution < -0.4 is 10.2 Å². The molecule has 0 saturated carbocycles. The summed E-state index contributed by atoms with van der Waals surface area (Å²) in [6.45, 7) is 2.30. The molecule has 2 rings (SSSR count). The van der Waals surface area contributed by atoms with Gasteiger partial charge in [-0.3, -0.25) is 0 Å². The van der Waals surface area contributed by atoms with Crippen molar-refractivity contribution >= 4 is 5.95 Å². The second kappa shape index (κ2) is 5.30. The molecule has 0 radical (unpaired) electrons. The van der Waals surface area contributed by atoms with Crippen LogP contribution in [0.1, 0.15) is 25.2 Å². The molecule has 1 aliphatic rings. The largest absolute Gasteiger partial charge is 0.344 e. The van der Waals surface area contributed by atoms with Gasteiger partial charge in [-0.05, 0) is 43.4 Å². The van der Waals surface area contributed by atoms with Crippen LogP contribution in [0.2, 0.25) is 0 Å². The third-order valence-electron chi connectivity index (χ3n) is 3.02. The highest BCUT2D eigenvalue weighted by atomic mass is 16.5. The molecule has 16 heavy (non-hydrogen) atoms. The monoisotopic (exact) mass is 224 g/mol. The van der Waals surface area contributed by atoms with Gasteiger partial charge in [0, 0.05) is 20.5 Å². The third-order valence-corrected chi connectivity index (χ3v) is 3.02. The van der Waals surface area contributed by atoms with E-state index in [0.29, 0.717) is 5.95 Å². The van der Waals surface area contributed by atoms with Crippen molar-refractivity contribution in [2.45, 2.75) is 25.7 Å². The molecule has 2 heterocycles.